The molecule has 94 valence electrons. The third-order valence-electron chi connectivity index (χ3n) is 4.36. The van der Waals surface area contributed by atoms with Gasteiger partial charge in [0.2, 0.25) is 0 Å². The molecule has 1 atom stereocenters. The minimum atomic E-state index is -0.297. The van der Waals surface area contributed by atoms with Crippen LogP contribution in [0.5, 0.6) is 0 Å². The van der Waals surface area contributed by atoms with Crippen molar-refractivity contribution in [3.63, 3.8) is 0 Å². The fourth-order valence-corrected chi connectivity index (χ4v) is 2.97. The first-order valence-electron chi connectivity index (χ1n) is 6.92. The minimum Gasteiger partial charge on any atom is -0.388 e. The summed E-state index contributed by atoms with van der Waals surface area (Å²) in [5.74, 6) is 0. The topological polar surface area (TPSA) is 20.2 Å². The van der Waals surface area contributed by atoms with E-state index in [-0.39, 0.29) is 11.5 Å². The van der Waals surface area contributed by atoms with Crippen LogP contribution in [-0.2, 0) is 6.42 Å². The van der Waals surface area contributed by atoms with E-state index >= 15 is 0 Å². The van der Waals surface area contributed by atoms with Gasteiger partial charge in [0.15, 0.2) is 0 Å². The van der Waals surface area contributed by atoms with Crippen molar-refractivity contribution in [1.82, 2.24) is 0 Å². The van der Waals surface area contributed by atoms with Gasteiger partial charge in [-0.05, 0) is 35.8 Å². The van der Waals surface area contributed by atoms with E-state index in [1.54, 1.807) is 0 Å². The standard InChI is InChI=1S/C16H24O/c1-3-13-7-9-14(10-8-13)15(17)16(2)11-5-4-6-12-16/h7-10,15,17H,3-6,11-12H2,1-2H3. The number of aliphatic hydroxyl groups is 1. The molecule has 0 amide bonds. The van der Waals surface area contributed by atoms with Gasteiger partial charge in [-0.2, -0.15) is 0 Å². The van der Waals surface area contributed by atoms with E-state index in [1.165, 1.54) is 24.8 Å². The molecular formula is C16H24O. The van der Waals surface area contributed by atoms with Gasteiger partial charge < -0.3 is 5.11 Å². The number of hydrogen-bond acceptors (Lipinski definition) is 1. The Morgan fingerprint density at radius 2 is 1.71 bits per heavy atom. The Balaban J connectivity index is 2.14. The van der Waals surface area contributed by atoms with Crippen molar-refractivity contribution in [2.24, 2.45) is 5.41 Å². The van der Waals surface area contributed by atoms with E-state index in [1.807, 2.05) is 0 Å². The fraction of sp³-hybridized carbons (Fsp3) is 0.625. The second kappa shape index (κ2) is 5.22. The first kappa shape index (κ1) is 12.6. The second-order valence-electron chi connectivity index (χ2n) is 5.71. The first-order valence-corrected chi connectivity index (χ1v) is 6.92. The Kier molecular flexibility index (Phi) is 3.88. The van der Waals surface area contributed by atoms with Crippen molar-refractivity contribution in [2.45, 2.75) is 58.5 Å². The van der Waals surface area contributed by atoms with Crippen molar-refractivity contribution in [3.05, 3.63) is 35.4 Å². The van der Waals surface area contributed by atoms with Crippen LogP contribution in [-0.4, -0.2) is 5.11 Å². The number of benzene rings is 1. The van der Waals surface area contributed by atoms with E-state index < -0.39 is 0 Å². The van der Waals surface area contributed by atoms with E-state index in [0.29, 0.717) is 0 Å². The van der Waals surface area contributed by atoms with E-state index in [4.69, 9.17) is 0 Å². The molecule has 1 aliphatic rings. The Morgan fingerprint density at radius 1 is 1.12 bits per heavy atom. The zero-order valence-electron chi connectivity index (χ0n) is 11.1. The largest absolute Gasteiger partial charge is 0.388 e. The fourth-order valence-electron chi connectivity index (χ4n) is 2.97. The van der Waals surface area contributed by atoms with E-state index in [0.717, 1.165) is 24.8 Å². The Labute approximate surface area is 105 Å². The zero-order chi connectivity index (χ0) is 12.3. The van der Waals surface area contributed by atoms with Crippen molar-refractivity contribution in [1.29, 1.82) is 0 Å². The van der Waals surface area contributed by atoms with Crippen LogP contribution in [0.15, 0.2) is 24.3 Å². The van der Waals surface area contributed by atoms with Crippen LogP contribution < -0.4 is 0 Å². The molecule has 0 heterocycles. The Bertz CT molecular complexity index is 346. The molecule has 0 saturated heterocycles. The number of aryl methyl sites for hydroxylation is 1. The molecule has 1 heteroatoms. The van der Waals surface area contributed by atoms with Crippen LogP contribution in [0.3, 0.4) is 0 Å². The third kappa shape index (κ3) is 2.71. The minimum absolute atomic E-state index is 0.0893. The molecular weight excluding hydrogens is 208 g/mol. The number of rotatable bonds is 3. The summed E-state index contributed by atoms with van der Waals surface area (Å²) in [5, 5.41) is 10.6. The second-order valence-corrected chi connectivity index (χ2v) is 5.71. The molecule has 1 nitrogen and oxygen atoms in total. The van der Waals surface area contributed by atoms with Crippen molar-refractivity contribution >= 4 is 0 Å². The van der Waals surface area contributed by atoms with E-state index in [2.05, 4.69) is 38.1 Å². The molecule has 0 aliphatic heterocycles. The molecule has 0 radical (unpaired) electrons. The summed E-state index contributed by atoms with van der Waals surface area (Å²) in [6, 6.07) is 8.49. The highest BCUT2D eigenvalue weighted by Gasteiger charge is 2.35. The van der Waals surface area contributed by atoms with E-state index in [9.17, 15) is 5.11 Å². The summed E-state index contributed by atoms with van der Waals surface area (Å²) in [7, 11) is 0. The van der Waals surface area contributed by atoms with Crippen molar-refractivity contribution in [2.75, 3.05) is 0 Å². The van der Waals surface area contributed by atoms with Crippen molar-refractivity contribution < 1.29 is 5.11 Å². The van der Waals surface area contributed by atoms with Crippen LogP contribution >= 0.6 is 0 Å². The summed E-state index contributed by atoms with van der Waals surface area (Å²) >= 11 is 0. The SMILES string of the molecule is CCc1ccc(C(O)C2(C)CCCCC2)cc1. The molecule has 1 fully saturated rings. The lowest BCUT2D eigenvalue weighted by molar-refractivity contribution is 0.00818. The zero-order valence-corrected chi connectivity index (χ0v) is 11.1. The Morgan fingerprint density at radius 3 is 2.24 bits per heavy atom. The van der Waals surface area contributed by atoms with Crippen LogP contribution in [0.2, 0.25) is 0 Å². The average Bonchev–Trinajstić information content (AvgIpc) is 2.39. The lowest BCUT2D eigenvalue weighted by Gasteiger charge is -2.38. The van der Waals surface area contributed by atoms with Gasteiger partial charge in [0.1, 0.15) is 0 Å². The van der Waals surface area contributed by atoms with Crippen molar-refractivity contribution in [3.8, 4) is 0 Å². The van der Waals surface area contributed by atoms with Gasteiger partial charge in [-0.25, -0.2) is 0 Å². The molecule has 1 aliphatic carbocycles. The molecule has 17 heavy (non-hydrogen) atoms. The van der Waals surface area contributed by atoms with Crippen LogP contribution in [0, 0.1) is 5.41 Å². The lowest BCUT2D eigenvalue weighted by atomic mass is 9.70. The monoisotopic (exact) mass is 232 g/mol. The van der Waals surface area contributed by atoms with Gasteiger partial charge in [-0.3, -0.25) is 0 Å². The van der Waals surface area contributed by atoms with Crippen LogP contribution in [0.1, 0.15) is 63.2 Å². The first-order chi connectivity index (χ1) is 8.15. The smallest absolute Gasteiger partial charge is 0.0843 e. The molecule has 2 rings (SSSR count). The molecule has 1 unspecified atom stereocenters. The van der Waals surface area contributed by atoms with Gasteiger partial charge in [0.25, 0.3) is 0 Å². The molecule has 0 spiro atoms. The van der Waals surface area contributed by atoms with Crippen LogP contribution in [0.4, 0.5) is 0 Å². The summed E-state index contributed by atoms with van der Waals surface area (Å²) in [4.78, 5) is 0. The third-order valence-corrected chi connectivity index (χ3v) is 4.36. The average molecular weight is 232 g/mol. The summed E-state index contributed by atoms with van der Waals surface area (Å²) < 4.78 is 0. The number of aliphatic hydroxyl groups excluding tert-OH is 1. The molecule has 0 aromatic heterocycles. The highest BCUT2D eigenvalue weighted by atomic mass is 16.3. The highest BCUT2D eigenvalue weighted by Crippen LogP contribution is 2.45. The molecule has 1 aromatic carbocycles. The maximum atomic E-state index is 10.6. The van der Waals surface area contributed by atoms with Crippen LogP contribution in [0.25, 0.3) is 0 Å². The predicted molar refractivity (Wildman–Crippen MR) is 72.0 cm³/mol. The number of hydrogen-bond donors (Lipinski definition) is 1. The molecule has 1 saturated carbocycles. The van der Waals surface area contributed by atoms with Gasteiger partial charge >= 0.3 is 0 Å². The molecule has 0 bridgehead atoms. The summed E-state index contributed by atoms with van der Waals surface area (Å²) in [5.41, 5.74) is 2.52. The lowest BCUT2D eigenvalue weighted by Crippen LogP contribution is -2.28. The summed E-state index contributed by atoms with van der Waals surface area (Å²) in [6.07, 6.45) is 6.94. The van der Waals surface area contributed by atoms with Gasteiger partial charge in [-0.15, -0.1) is 0 Å². The van der Waals surface area contributed by atoms with Gasteiger partial charge in [0, 0.05) is 0 Å². The quantitative estimate of drug-likeness (QED) is 0.826. The Hall–Kier alpha value is -0.820. The normalized spacial score (nSPS) is 21.1. The predicted octanol–water partition coefficient (Wildman–Crippen LogP) is 4.25. The highest BCUT2D eigenvalue weighted by molar-refractivity contribution is 5.25. The maximum absolute atomic E-state index is 10.6. The summed E-state index contributed by atoms with van der Waals surface area (Å²) in [6.45, 7) is 4.40. The van der Waals surface area contributed by atoms with Gasteiger partial charge in [0.05, 0.1) is 6.10 Å². The maximum Gasteiger partial charge on any atom is 0.0843 e. The molecule has 1 aromatic rings. The van der Waals surface area contributed by atoms with Gasteiger partial charge in [-0.1, -0.05) is 57.4 Å². The molecule has 1 N–H and O–H groups in total.